The molecule has 0 aliphatic carbocycles. The lowest BCUT2D eigenvalue weighted by Gasteiger charge is -2.23. The summed E-state index contributed by atoms with van der Waals surface area (Å²) in [6, 6.07) is 3.33. The van der Waals surface area contributed by atoms with Gasteiger partial charge in [0.1, 0.15) is 19.0 Å². The number of halogens is 1. The second-order valence-corrected chi connectivity index (χ2v) is 3.86. The molecule has 2 heterocycles. The lowest BCUT2D eigenvalue weighted by atomic mass is 10.3. The Balaban J connectivity index is 2.35. The van der Waals surface area contributed by atoms with Crippen LogP contribution in [0.15, 0.2) is 22.8 Å². The van der Waals surface area contributed by atoms with Gasteiger partial charge < -0.3 is 4.74 Å². The minimum absolute atomic E-state index is 0.0834. The Morgan fingerprint density at radius 3 is 2.60 bits per heavy atom. The van der Waals surface area contributed by atoms with Gasteiger partial charge in [-0.2, -0.15) is 0 Å². The average Bonchev–Trinajstić information content (AvgIpc) is 2.17. The van der Waals surface area contributed by atoms with E-state index < -0.39 is 11.8 Å². The molecule has 0 N–H and O–H groups in total. The molecule has 0 unspecified atom stereocenters. The highest BCUT2D eigenvalue weighted by atomic mass is 79.9. The predicted molar refractivity (Wildman–Crippen MR) is 55.2 cm³/mol. The van der Waals surface area contributed by atoms with Crippen molar-refractivity contribution in [3.8, 4) is 0 Å². The molecule has 6 heteroatoms. The number of carbonyl (C=O) groups is 2. The first-order valence-electron chi connectivity index (χ1n) is 4.23. The number of pyridine rings is 1. The molecule has 1 aromatic heterocycles. The van der Waals surface area contributed by atoms with Crippen LogP contribution in [0.1, 0.15) is 0 Å². The van der Waals surface area contributed by atoms with Crippen molar-refractivity contribution in [3.05, 3.63) is 22.8 Å². The lowest BCUT2D eigenvalue weighted by Crippen LogP contribution is -2.46. The van der Waals surface area contributed by atoms with Crippen LogP contribution in [-0.4, -0.2) is 30.0 Å². The zero-order valence-corrected chi connectivity index (χ0v) is 9.23. The number of morpholine rings is 1. The van der Waals surface area contributed by atoms with Gasteiger partial charge in [-0.15, -0.1) is 0 Å². The van der Waals surface area contributed by atoms with Gasteiger partial charge in [0.2, 0.25) is 0 Å². The molecule has 0 saturated carbocycles. The fourth-order valence-corrected chi connectivity index (χ4v) is 1.59. The van der Waals surface area contributed by atoms with Gasteiger partial charge in [-0.05, 0) is 12.1 Å². The molecule has 1 aromatic rings. The lowest BCUT2D eigenvalue weighted by molar-refractivity contribution is -0.138. The highest BCUT2D eigenvalue weighted by Crippen LogP contribution is 2.18. The van der Waals surface area contributed by atoms with E-state index >= 15 is 0 Å². The molecule has 0 atom stereocenters. The van der Waals surface area contributed by atoms with E-state index in [0.29, 0.717) is 5.82 Å². The number of rotatable bonds is 1. The van der Waals surface area contributed by atoms with Gasteiger partial charge in [-0.25, -0.2) is 9.88 Å². The van der Waals surface area contributed by atoms with Crippen molar-refractivity contribution in [1.29, 1.82) is 0 Å². The smallest absolute Gasteiger partial charge is 0.261 e. The second kappa shape index (κ2) is 4.08. The highest BCUT2D eigenvalue weighted by Gasteiger charge is 2.28. The SMILES string of the molecule is O=C1COCC(=O)N1c1cc(Br)ccn1. The molecule has 0 bridgehead atoms. The third-order valence-electron chi connectivity index (χ3n) is 1.89. The largest absolute Gasteiger partial charge is 0.362 e. The Kier molecular flexibility index (Phi) is 2.79. The molecule has 1 aliphatic heterocycles. The van der Waals surface area contributed by atoms with E-state index in [1.807, 2.05) is 0 Å². The van der Waals surface area contributed by atoms with Crippen molar-refractivity contribution in [2.75, 3.05) is 18.1 Å². The molecule has 1 fully saturated rings. The van der Waals surface area contributed by atoms with Crippen LogP contribution in [-0.2, 0) is 14.3 Å². The molecule has 78 valence electrons. The van der Waals surface area contributed by atoms with Crippen LogP contribution < -0.4 is 4.90 Å². The van der Waals surface area contributed by atoms with Gasteiger partial charge in [0.15, 0.2) is 0 Å². The number of ether oxygens (including phenoxy) is 1. The Morgan fingerprint density at radius 2 is 2.00 bits per heavy atom. The van der Waals surface area contributed by atoms with Crippen LogP contribution in [0.2, 0.25) is 0 Å². The van der Waals surface area contributed by atoms with Crippen LogP contribution in [0.5, 0.6) is 0 Å². The molecular formula is C9H7BrN2O3. The van der Waals surface area contributed by atoms with Crippen LogP contribution in [0, 0.1) is 0 Å². The van der Waals surface area contributed by atoms with Crippen molar-refractivity contribution in [2.45, 2.75) is 0 Å². The molecule has 0 spiro atoms. The van der Waals surface area contributed by atoms with Gasteiger partial charge in [0.05, 0.1) is 0 Å². The zero-order valence-electron chi connectivity index (χ0n) is 7.64. The number of imide groups is 1. The molecule has 0 aromatic carbocycles. The summed E-state index contributed by atoms with van der Waals surface area (Å²) in [6.07, 6.45) is 1.52. The summed E-state index contributed by atoms with van der Waals surface area (Å²) in [5.41, 5.74) is 0. The third-order valence-corrected chi connectivity index (χ3v) is 2.38. The highest BCUT2D eigenvalue weighted by molar-refractivity contribution is 9.10. The molecule has 0 radical (unpaired) electrons. The number of hydrogen-bond donors (Lipinski definition) is 0. The second-order valence-electron chi connectivity index (χ2n) is 2.95. The third kappa shape index (κ3) is 2.05. The topological polar surface area (TPSA) is 59.5 Å². The summed E-state index contributed by atoms with van der Waals surface area (Å²) in [5.74, 6) is -0.462. The van der Waals surface area contributed by atoms with Crippen molar-refractivity contribution in [3.63, 3.8) is 0 Å². The van der Waals surface area contributed by atoms with E-state index in [4.69, 9.17) is 4.74 Å². The number of carbonyl (C=O) groups excluding carboxylic acids is 2. The first-order chi connectivity index (χ1) is 7.18. The zero-order chi connectivity index (χ0) is 10.8. The first-order valence-corrected chi connectivity index (χ1v) is 5.03. The van der Waals surface area contributed by atoms with E-state index in [1.165, 1.54) is 6.20 Å². The molecule has 5 nitrogen and oxygen atoms in total. The van der Waals surface area contributed by atoms with Crippen LogP contribution in [0.3, 0.4) is 0 Å². The number of anilines is 1. The van der Waals surface area contributed by atoms with Crippen LogP contribution in [0.25, 0.3) is 0 Å². The normalized spacial score (nSPS) is 17.0. The summed E-state index contributed by atoms with van der Waals surface area (Å²) in [6.45, 7) is -0.167. The van der Waals surface area contributed by atoms with E-state index in [2.05, 4.69) is 20.9 Å². The Labute approximate surface area is 94.2 Å². The monoisotopic (exact) mass is 270 g/mol. The maximum absolute atomic E-state index is 11.4. The summed E-state index contributed by atoms with van der Waals surface area (Å²) in [7, 11) is 0. The van der Waals surface area contributed by atoms with Crippen molar-refractivity contribution < 1.29 is 14.3 Å². The molecule has 2 amide bonds. The summed E-state index contributed by atoms with van der Waals surface area (Å²) in [4.78, 5) is 27.9. The van der Waals surface area contributed by atoms with Gasteiger partial charge in [-0.1, -0.05) is 15.9 Å². The number of nitrogens with zero attached hydrogens (tertiary/aromatic N) is 2. The van der Waals surface area contributed by atoms with E-state index in [0.717, 1.165) is 9.37 Å². The molecule has 1 aliphatic rings. The molecule has 15 heavy (non-hydrogen) atoms. The van der Waals surface area contributed by atoms with Crippen LogP contribution in [0.4, 0.5) is 5.82 Å². The molecule has 1 saturated heterocycles. The van der Waals surface area contributed by atoms with Gasteiger partial charge in [-0.3, -0.25) is 9.59 Å². The fourth-order valence-electron chi connectivity index (χ4n) is 1.27. The molecular weight excluding hydrogens is 264 g/mol. The minimum Gasteiger partial charge on any atom is -0.362 e. The van der Waals surface area contributed by atoms with Gasteiger partial charge in [0, 0.05) is 10.7 Å². The Hall–Kier alpha value is -1.27. The Bertz CT molecular complexity index is 406. The standard InChI is InChI=1S/C9H7BrN2O3/c10-6-1-2-11-7(3-6)12-8(13)4-15-5-9(12)14/h1-3H,4-5H2. The minimum atomic E-state index is -0.392. The van der Waals surface area contributed by atoms with Crippen molar-refractivity contribution >= 4 is 33.6 Å². The number of amides is 2. The van der Waals surface area contributed by atoms with Gasteiger partial charge >= 0.3 is 0 Å². The van der Waals surface area contributed by atoms with Crippen molar-refractivity contribution in [1.82, 2.24) is 4.98 Å². The average molecular weight is 271 g/mol. The van der Waals surface area contributed by atoms with Crippen LogP contribution >= 0.6 is 15.9 Å². The Morgan fingerprint density at radius 1 is 1.33 bits per heavy atom. The quantitative estimate of drug-likeness (QED) is 0.707. The molecule has 2 rings (SSSR count). The predicted octanol–water partition coefficient (Wildman–Crippen LogP) is 0.734. The fraction of sp³-hybridized carbons (Fsp3) is 0.222. The first kappa shape index (κ1) is 10.3. The van der Waals surface area contributed by atoms with Crippen molar-refractivity contribution in [2.24, 2.45) is 0 Å². The van der Waals surface area contributed by atoms with E-state index in [9.17, 15) is 9.59 Å². The number of aromatic nitrogens is 1. The maximum Gasteiger partial charge on any atom is 0.261 e. The summed E-state index contributed by atoms with van der Waals surface area (Å²) < 4.78 is 5.56. The van der Waals surface area contributed by atoms with Gasteiger partial charge in [0.25, 0.3) is 11.8 Å². The summed E-state index contributed by atoms with van der Waals surface area (Å²) >= 11 is 3.25. The number of hydrogen-bond acceptors (Lipinski definition) is 4. The summed E-state index contributed by atoms with van der Waals surface area (Å²) in [5, 5.41) is 0. The van der Waals surface area contributed by atoms with E-state index in [1.54, 1.807) is 12.1 Å². The van der Waals surface area contributed by atoms with E-state index in [-0.39, 0.29) is 13.2 Å². The maximum atomic E-state index is 11.4.